The Morgan fingerprint density at radius 3 is 2.94 bits per heavy atom. The van der Waals surface area contributed by atoms with Gasteiger partial charge in [-0.15, -0.1) is 0 Å². The van der Waals surface area contributed by atoms with Crippen LogP contribution in [0.1, 0.15) is 42.5 Å². The summed E-state index contributed by atoms with van der Waals surface area (Å²) in [7, 11) is 0. The van der Waals surface area contributed by atoms with Crippen molar-refractivity contribution in [2.75, 3.05) is 6.61 Å². The van der Waals surface area contributed by atoms with Gasteiger partial charge in [0.2, 0.25) is 0 Å². The van der Waals surface area contributed by atoms with Gasteiger partial charge in [-0.3, -0.25) is 9.78 Å². The normalized spacial score (nSPS) is 25.7. The molecule has 0 bridgehead atoms. The molecule has 96 valence electrons. The van der Waals surface area contributed by atoms with Crippen molar-refractivity contribution < 1.29 is 9.53 Å². The van der Waals surface area contributed by atoms with E-state index < -0.39 is 0 Å². The summed E-state index contributed by atoms with van der Waals surface area (Å²) >= 11 is 3.36. The maximum absolute atomic E-state index is 12.5. The Morgan fingerprint density at radius 2 is 2.28 bits per heavy atom. The van der Waals surface area contributed by atoms with Gasteiger partial charge >= 0.3 is 0 Å². The van der Waals surface area contributed by atoms with Gasteiger partial charge in [0.25, 0.3) is 0 Å². The molecule has 0 N–H and O–H groups in total. The fourth-order valence-corrected chi connectivity index (χ4v) is 3.32. The molecule has 1 unspecified atom stereocenters. The van der Waals surface area contributed by atoms with Gasteiger partial charge in [-0.05, 0) is 54.1 Å². The molecule has 1 spiro atoms. The molecule has 1 aromatic rings. The van der Waals surface area contributed by atoms with E-state index in [-0.39, 0.29) is 17.3 Å². The van der Waals surface area contributed by atoms with Gasteiger partial charge in [-0.25, -0.2) is 0 Å². The monoisotopic (exact) mass is 309 g/mol. The smallest absolute Gasteiger partial charge is 0.167 e. The van der Waals surface area contributed by atoms with E-state index in [1.54, 1.807) is 12.4 Å². The molecule has 3 rings (SSSR count). The molecule has 0 aromatic carbocycles. The lowest BCUT2D eigenvalue weighted by Gasteiger charge is -2.46. The van der Waals surface area contributed by atoms with Gasteiger partial charge in [0, 0.05) is 35.0 Å². The van der Waals surface area contributed by atoms with E-state index in [1.807, 2.05) is 6.07 Å². The van der Waals surface area contributed by atoms with Crippen molar-refractivity contribution in [2.45, 2.75) is 37.7 Å². The number of carbonyl (C=O) groups is 1. The molecule has 2 aliphatic rings. The van der Waals surface area contributed by atoms with E-state index in [4.69, 9.17) is 4.74 Å². The summed E-state index contributed by atoms with van der Waals surface area (Å²) in [5, 5.41) is 0. The first kappa shape index (κ1) is 12.3. The van der Waals surface area contributed by atoms with Crippen LogP contribution >= 0.6 is 15.9 Å². The van der Waals surface area contributed by atoms with Crippen molar-refractivity contribution in [1.29, 1.82) is 0 Å². The number of nitrogens with zero attached hydrogens (tertiary/aromatic N) is 1. The predicted octanol–water partition coefficient (Wildman–Crippen LogP) is 3.38. The first-order valence-electron chi connectivity index (χ1n) is 6.47. The Labute approximate surface area is 115 Å². The van der Waals surface area contributed by atoms with Gasteiger partial charge in [0.1, 0.15) is 0 Å². The fraction of sp³-hybridized carbons (Fsp3) is 0.571. The molecule has 0 amide bonds. The highest BCUT2D eigenvalue weighted by atomic mass is 79.9. The SMILES string of the molecule is O=C(c1cncc(Br)c1)C1CCOC2(CCC2)C1. The van der Waals surface area contributed by atoms with Crippen LogP contribution in [0.3, 0.4) is 0 Å². The highest BCUT2D eigenvalue weighted by molar-refractivity contribution is 9.10. The molecular weight excluding hydrogens is 294 g/mol. The summed E-state index contributed by atoms with van der Waals surface area (Å²) in [4.78, 5) is 16.5. The fourth-order valence-electron chi connectivity index (χ4n) is 2.95. The molecule has 0 radical (unpaired) electrons. The number of hydrogen-bond acceptors (Lipinski definition) is 3. The first-order valence-corrected chi connectivity index (χ1v) is 7.27. The third kappa shape index (κ3) is 2.24. The molecule has 3 nitrogen and oxygen atoms in total. The van der Waals surface area contributed by atoms with Crippen LogP contribution in [0.25, 0.3) is 0 Å². The zero-order valence-electron chi connectivity index (χ0n) is 10.2. The van der Waals surface area contributed by atoms with Crippen LogP contribution in [-0.2, 0) is 4.74 Å². The number of hydrogen-bond donors (Lipinski definition) is 0. The van der Waals surface area contributed by atoms with Crippen molar-refractivity contribution in [2.24, 2.45) is 5.92 Å². The third-order valence-corrected chi connectivity index (χ3v) is 4.55. The molecule has 2 fully saturated rings. The summed E-state index contributed by atoms with van der Waals surface area (Å²) in [5.74, 6) is 0.327. The predicted molar refractivity (Wildman–Crippen MR) is 71.5 cm³/mol. The Morgan fingerprint density at radius 1 is 1.44 bits per heavy atom. The van der Waals surface area contributed by atoms with Gasteiger partial charge in [-0.1, -0.05) is 0 Å². The van der Waals surface area contributed by atoms with Crippen LogP contribution in [0.4, 0.5) is 0 Å². The van der Waals surface area contributed by atoms with Crippen LogP contribution in [0.2, 0.25) is 0 Å². The van der Waals surface area contributed by atoms with E-state index in [2.05, 4.69) is 20.9 Å². The van der Waals surface area contributed by atoms with Crippen molar-refractivity contribution in [3.8, 4) is 0 Å². The standard InChI is InChI=1S/C14H16BrNO2/c15-12-6-11(8-16-9-12)13(17)10-2-5-18-14(7-10)3-1-4-14/h6,8-10H,1-5,7H2. The van der Waals surface area contributed by atoms with Crippen molar-refractivity contribution >= 4 is 21.7 Å². The lowest BCUT2D eigenvalue weighted by Crippen LogP contribution is -2.47. The summed E-state index contributed by atoms with van der Waals surface area (Å²) in [6.07, 6.45) is 8.57. The van der Waals surface area contributed by atoms with E-state index in [9.17, 15) is 4.79 Å². The lowest BCUT2D eigenvalue weighted by molar-refractivity contribution is -0.137. The summed E-state index contributed by atoms with van der Waals surface area (Å²) in [6.45, 7) is 0.720. The van der Waals surface area contributed by atoms with Gasteiger partial charge in [-0.2, -0.15) is 0 Å². The Balaban J connectivity index is 1.76. The first-order chi connectivity index (χ1) is 8.69. The average Bonchev–Trinajstić information content (AvgIpc) is 2.36. The molecule has 2 heterocycles. The number of carbonyl (C=O) groups excluding carboxylic acids is 1. The van der Waals surface area contributed by atoms with Crippen LogP contribution in [0.15, 0.2) is 22.9 Å². The molecule has 1 saturated carbocycles. The molecule has 1 aliphatic heterocycles. The van der Waals surface area contributed by atoms with Crippen LogP contribution in [-0.4, -0.2) is 23.0 Å². The molecule has 1 aromatic heterocycles. The van der Waals surface area contributed by atoms with Crippen LogP contribution < -0.4 is 0 Å². The Hall–Kier alpha value is -0.740. The highest BCUT2D eigenvalue weighted by Gasteiger charge is 2.44. The van der Waals surface area contributed by atoms with Crippen molar-refractivity contribution in [1.82, 2.24) is 4.98 Å². The number of ketones is 1. The molecule has 1 atom stereocenters. The Bertz CT molecular complexity index is 471. The quantitative estimate of drug-likeness (QED) is 0.786. The average molecular weight is 310 g/mol. The minimum atomic E-state index is 0.0258. The second kappa shape index (κ2) is 4.74. The van der Waals surface area contributed by atoms with Gasteiger partial charge in [0.05, 0.1) is 5.60 Å². The molecule has 1 aliphatic carbocycles. The zero-order chi connectivity index (χ0) is 12.6. The van der Waals surface area contributed by atoms with E-state index >= 15 is 0 Å². The van der Waals surface area contributed by atoms with E-state index in [1.165, 1.54) is 6.42 Å². The molecular formula is C14H16BrNO2. The van der Waals surface area contributed by atoms with Gasteiger partial charge in [0.15, 0.2) is 5.78 Å². The molecule has 4 heteroatoms. The summed E-state index contributed by atoms with van der Waals surface area (Å²) in [6, 6.07) is 1.86. The molecule has 18 heavy (non-hydrogen) atoms. The van der Waals surface area contributed by atoms with Crippen molar-refractivity contribution in [3.63, 3.8) is 0 Å². The number of halogens is 1. The highest BCUT2D eigenvalue weighted by Crippen LogP contribution is 2.44. The van der Waals surface area contributed by atoms with Crippen molar-refractivity contribution in [3.05, 3.63) is 28.5 Å². The second-order valence-electron chi connectivity index (χ2n) is 5.33. The largest absolute Gasteiger partial charge is 0.375 e. The van der Waals surface area contributed by atoms with E-state index in [0.717, 1.165) is 36.8 Å². The van der Waals surface area contributed by atoms with E-state index in [0.29, 0.717) is 5.56 Å². The van der Waals surface area contributed by atoms with Crippen LogP contribution in [0.5, 0.6) is 0 Å². The minimum Gasteiger partial charge on any atom is -0.375 e. The topological polar surface area (TPSA) is 39.2 Å². The number of pyridine rings is 1. The number of ether oxygens (including phenoxy) is 1. The zero-order valence-corrected chi connectivity index (χ0v) is 11.8. The summed E-state index contributed by atoms with van der Waals surface area (Å²) in [5.41, 5.74) is 0.739. The van der Waals surface area contributed by atoms with Gasteiger partial charge < -0.3 is 4.74 Å². The number of aromatic nitrogens is 1. The maximum Gasteiger partial charge on any atom is 0.167 e. The number of Topliss-reactive ketones (excluding diaryl/α,β-unsaturated/α-hetero) is 1. The van der Waals surface area contributed by atoms with Crippen LogP contribution in [0, 0.1) is 5.92 Å². The maximum atomic E-state index is 12.5. The third-order valence-electron chi connectivity index (χ3n) is 4.12. The second-order valence-corrected chi connectivity index (χ2v) is 6.25. The summed E-state index contributed by atoms with van der Waals surface area (Å²) < 4.78 is 6.72. The Kier molecular flexibility index (Phi) is 3.24. The lowest BCUT2D eigenvalue weighted by atomic mass is 9.70. The molecule has 1 saturated heterocycles. The number of rotatable bonds is 2. The minimum absolute atomic E-state index is 0.0258.